The molecule has 8 heteroatoms. The number of benzene rings is 2. The number of rotatable bonds is 8. The number of nitrogens with one attached hydrogen (secondary N) is 2. The Kier molecular flexibility index (Phi) is 8.01. The van der Waals surface area contributed by atoms with Crippen LogP contribution in [-0.4, -0.2) is 31.2 Å². The number of carbonyl (C=O) groups excluding carboxylic acids is 2. The van der Waals surface area contributed by atoms with Gasteiger partial charge in [-0.3, -0.25) is 9.59 Å². The Balaban J connectivity index is 1.81. The van der Waals surface area contributed by atoms with Crippen LogP contribution in [0.15, 0.2) is 52.0 Å². The first-order chi connectivity index (χ1) is 13.4. The van der Waals surface area contributed by atoms with E-state index >= 15 is 0 Å². The molecule has 2 amide bonds. The fraction of sp³-hybridized carbons (Fsp3) is 0.250. The molecular weight excluding hydrogens is 426 g/mol. The molecule has 148 valence electrons. The van der Waals surface area contributed by atoms with Crippen LogP contribution in [0, 0.1) is 6.92 Å². The minimum atomic E-state index is -0.419. The Labute approximate surface area is 172 Å². The molecule has 0 saturated carbocycles. The fourth-order valence-electron chi connectivity index (χ4n) is 2.27. The lowest BCUT2D eigenvalue weighted by atomic mass is 10.2. The van der Waals surface area contributed by atoms with Gasteiger partial charge in [-0.15, -0.1) is 0 Å². The lowest BCUT2D eigenvalue weighted by Crippen LogP contribution is -2.26. The van der Waals surface area contributed by atoms with Crippen LogP contribution >= 0.6 is 15.9 Å². The minimum absolute atomic E-state index is 0.0305. The van der Waals surface area contributed by atoms with Gasteiger partial charge in [0, 0.05) is 5.71 Å². The van der Waals surface area contributed by atoms with E-state index in [1.165, 1.54) is 7.11 Å². The van der Waals surface area contributed by atoms with Crippen molar-refractivity contribution >= 4 is 39.1 Å². The molecule has 0 bridgehead atoms. The molecule has 2 N–H and O–H groups in total. The number of para-hydroxylation sites is 2. The van der Waals surface area contributed by atoms with Crippen LogP contribution in [0.5, 0.6) is 11.5 Å². The van der Waals surface area contributed by atoms with E-state index < -0.39 is 5.91 Å². The third-order valence-electron chi connectivity index (χ3n) is 3.62. The Bertz CT molecular complexity index is 884. The Morgan fingerprint density at radius 2 is 1.86 bits per heavy atom. The summed E-state index contributed by atoms with van der Waals surface area (Å²) in [7, 11) is 1.53. The molecule has 0 atom stereocenters. The van der Waals surface area contributed by atoms with Gasteiger partial charge in [0.25, 0.3) is 5.91 Å². The summed E-state index contributed by atoms with van der Waals surface area (Å²) in [6.45, 7) is 3.42. The van der Waals surface area contributed by atoms with Crippen LogP contribution in [0.4, 0.5) is 5.69 Å². The summed E-state index contributed by atoms with van der Waals surface area (Å²) in [5, 5.41) is 6.68. The highest BCUT2D eigenvalue weighted by atomic mass is 79.9. The van der Waals surface area contributed by atoms with Gasteiger partial charge in [0.2, 0.25) is 5.91 Å². The molecule has 2 aromatic carbocycles. The number of ether oxygens (including phenoxy) is 2. The number of aryl methyl sites for hydroxylation is 1. The normalized spacial score (nSPS) is 10.9. The molecule has 7 nitrogen and oxygen atoms in total. The summed E-state index contributed by atoms with van der Waals surface area (Å²) in [6, 6.07) is 12.7. The first-order valence-electron chi connectivity index (χ1n) is 8.53. The van der Waals surface area contributed by atoms with Crippen molar-refractivity contribution < 1.29 is 19.1 Å². The van der Waals surface area contributed by atoms with Gasteiger partial charge in [-0.25, -0.2) is 5.43 Å². The third kappa shape index (κ3) is 6.70. The molecule has 0 aromatic heterocycles. The predicted octanol–water partition coefficient (Wildman–Crippen LogP) is 3.67. The van der Waals surface area contributed by atoms with E-state index in [0.29, 0.717) is 22.9 Å². The lowest BCUT2D eigenvalue weighted by molar-refractivity contribution is -0.123. The SMILES string of the molecule is COc1ccccc1NC(=O)CC(C)=NNC(=O)COc1ccc(C)cc1Br. The highest BCUT2D eigenvalue weighted by Gasteiger charge is 2.09. The second-order valence-electron chi connectivity index (χ2n) is 6.03. The van der Waals surface area contributed by atoms with E-state index in [9.17, 15) is 9.59 Å². The monoisotopic (exact) mass is 447 g/mol. The second-order valence-corrected chi connectivity index (χ2v) is 6.88. The number of hydrazone groups is 1. The summed E-state index contributed by atoms with van der Waals surface area (Å²) in [4.78, 5) is 24.0. The van der Waals surface area contributed by atoms with Crippen molar-refractivity contribution in [2.45, 2.75) is 20.3 Å². The standard InChI is InChI=1S/C20H22BrN3O4/c1-13-8-9-17(15(21)10-13)28-12-20(26)24-23-14(2)11-19(25)22-16-6-4-5-7-18(16)27-3/h4-10H,11-12H2,1-3H3,(H,22,25)(H,24,26). The number of anilines is 1. The first-order valence-corrected chi connectivity index (χ1v) is 9.32. The summed E-state index contributed by atoms with van der Waals surface area (Å²) in [6.07, 6.45) is 0.0305. The van der Waals surface area contributed by atoms with E-state index in [1.54, 1.807) is 31.2 Å². The predicted molar refractivity (Wildman–Crippen MR) is 112 cm³/mol. The zero-order valence-electron chi connectivity index (χ0n) is 15.9. The molecule has 0 unspecified atom stereocenters. The molecular formula is C20H22BrN3O4. The molecule has 0 aliphatic carbocycles. The number of amides is 2. The van der Waals surface area contributed by atoms with Crippen molar-refractivity contribution in [3.05, 3.63) is 52.5 Å². The van der Waals surface area contributed by atoms with Crippen molar-refractivity contribution in [3.63, 3.8) is 0 Å². The van der Waals surface area contributed by atoms with Crippen molar-refractivity contribution in [2.75, 3.05) is 19.0 Å². The average molecular weight is 448 g/mol. The maximum Gasteiger partial charge on any atom is 0.277 e. The molecule has 2 aromatic rings. The molecule has 0 aliphatic rings. The van der Waals surface area contributed by atoms with Crippen molar-refractivity contribution in [2.24, 2.45) is 5.10 Å². The van der Waals surface area contributed by atoms with Crippen LogP contribution < -0.4 is 20.2 Å². The van der Waals surface area contributed by atoms with Gasteiger partial charge in [-0.05, 0) is 59.6 Å². The van der Waals surface area contributed by atoms with Gasteiger partial charge < -0.3 is 14.8 Å². The molecule has 0 heterocycles. The van der Waals surface area contributed by atoms with Crippen LogP contribution in [0.1, 0.15) is 18.9 Å². The van der Waals surface area contributed by atoms with Crippen LogP contribution in [0.2, 0.25) is 0 Å². The zero-order chi connectivity index (χ0) is 20.5. The van der Waals surface area contributed by atoms with Crippen molar-refractivity contribution in [1.82, 2.24) is 5.43 Å². The maximum absolute atomic E-state index is 12.1. The molecule has 0 radical (unpaired) electrons. The van der Waals surface area contributed by atoms with Gasteiger partial charge in [0.1, 0.15) is 11.5 Å². The number of hydrogen-bond acceptors (Lipinski definition) is 5. The van der Waals surface area contributed by atoms with Crippen LogP contribution in [0.25, 0.3) is 0 Å². The van der Waals surface area contributed by atoms with E-state index in [4.69, 9.17) is 9.47 Å². The molecule has 0 fully saturated rings. The molecule has 2 rings (SSSR count). The summed E-state index contributed by atoms with van der Waals surface area (Å²) in [5.74, 6) is 0.451. The van der Waals surface area contributed by atoms with Crippen LogP contribution in [0.3, 0.4) is 0 Å². The number of nitrogens with zero attached hydrogens (tertiary/aromatic N) is 1. The summed E-state index contributed by atoms with van der Waals surface area (Å²) < 4.78 is 11.4. The molecule has 0 saturated heterocycles. The highest BCUT2D eigenvalue weighted by molar-refractivity contribution is 9.10. The smallest absolute Gasteiger partial charge is 0.277 e. The maximum atomic E-state index is 12.1. The topological polar surface area (TPSA) is 89.0 Å². The summed E-state index contributed by atoms with van der Waals surface area (Å²) in [5.41, 5.74) is 4.49. The summed E-state index contributed by atoms with van der Waals surface area (Å²) >= 11 is 3.39. The Morgan fingerprint density at radius 3 is 2.57 bits per heavy atom. The number of methoxy groups -OCH3 is 1. The van der Waals surface area contributed by atoms with Gasteiger partial charge in [-0.1, -0.05) is 18.2 Å². The fourth-order valence-corrected chi connectivity index (χ4v) is 2.88. The number of halogens is 1. The minimum Gasteiger partial charge on any atom is -0.495 e. The zero-order valence-corrected chi connectivity index (χ0v) is 17.5. The van der Waals surface area contributed by atoms with Gasteiger partial charge in [-0.2, -0.15) is 5.10 Å². The molecule has 0 spiro atoms. The quantitative estimate of drug-likeness (QED) is 0.477. The Morgan fingerprint density at radius 1 is 1.11 bits per heavy atom. The van der Waals surface area contributed by atoms with E-state index in [-0.39, 0.29) is 18.9 Å². The largest absolute Gasteiger partial charge is 0.495 e. The van der Waals surface area contributed by atoms with Gasteiger partial charge in [0.05, 0.1) is 23.7 Å². The van der Waals surface area contributed by atoms with Gasteiger partial charge >= 0.3 is 0 Å². The number of hydrogen-bond donors (Lipinski definition) is 2. The van der Waals surface area contributed by atoms with E-state index in [1.807, 2.05) is 25.1 Å². The Hall–Kier alpha value is -2.87. The van der Waals surface area contributed by atoms with E-state index in [0.717, 1.165) is 10.0 Å². The first kappa shape index (κ1) is 21.4. The molecule has 0 aliphatic heterocycles. The van der Waals surface area contributed by atoms with Crippen molar-refractivity contribution in [3.8, 4) is 11.5 Å². The third-order valence-corrected chi connectivity index (χ3v) is 4.23. The van der Waals surface area contributed by atoms with E-state index in [2.05, 4.69) is 31.8 Å². The van der Waals surface area contributed by atoms with Gasteiger partial charge in [0.15, 0.2) is 6.61 Å². The average Bonchev–Trinajstić information content (AvgIpc) is 2.66. The molecule has 28 heavy (non-hydrogen) atoms. The highest BCUT2D eigenvalue weighted by Crippen LogP contribution is 2.25. The van der Waals surface area contributed by atoms with Crippen LogP contribution in [-0.2, 0) is 9.59 Å². The number of carbonyl (C=O) groups is 2. The lowest BCUT2D eigenvalue weighted by Gasteiger charge is -2.10. The second kappa shape index (κ2) is 10.5. The van der Waals surface area contributed by atoms with Crippen molar-refractivity contribution in [1.29, 1.82) is 0 Å².